The van der Waals surface area contributed by atoms with Crippen molar-refractivity contribution in [2.45, 2.75) is 13.5 Å². The zero-order valence-electron chi connectivity index (χ0n) is 15.1. The Kier molecular flexibility index (Phi) is 5.33. The summed E-state index contributed by atoms with van der Waals surface area (Å²) in [7, 11) is 0. The van der Waals surface area contributed by atoms with Gasteiger partial charge in [0.2, 0.25) is 0 Å². The number of nitrogens with one attached hydrogen (secondary N) is 1. The lowest BCUT2D eigenvalue weighted by Crippen LogP contribution is -2.35. The zero-order valence-corrected chi connectivity index (χ0v) is 15.9. The molecule has 4 rings (SSSR count). The molecule has 0 unspecified atom stereocenters. The highest BCUT2D eigenvalue weighted by Gasteiger charge is 2.20. The number of furan rings is 1. The van der Waals surface area contributed by atoms with Crippen LogP contribution in [0.25, 0.3) is 11.3 Å². The minimum absolute atomic E-state index is 0.283. The summed E-state index contributed by atoms with van der Waals surface area (Å²) in [6.07, 6.45) is 0. The van der Waals surface area contributed by atoms with Crippen LogP contribution in [0.4, 0.5) is 5.13 Å². The highest BCUT2D eigenvalue weighted by Crippen LogP contribution is 2.32. The summed E-state index contributed by atoms with van der Waals surface area (Å²) in [5.74, 6) is 0.713. The Morgan fingerprint density at radius 3 is 2.67 bits per heavy atom. The number of carbonyl (C=O) groups is 1. The van der Waals surface area contributed by atoms with E-state index >= 15 is 0 Å². The van der Waals surface area contributed by atoms with Gasteiger partial charge in [-0.15, -0.1) is 0 Å². The number of aryl methyl sites for hydroxylation is 1. The molecule has 7 heteroatoms. The second-order valence-electron chi connectivity index (χ2n) is 6.41. The maximum Gasteiger partial charge on any atom is 0.293 e. The molecule has 1 aromatic carbocycles. The van der Waals surface area contributed by atoms with Gasteiger partial charge in [0.25, 0.3) is 5.91 Å². The Hall–Kier alpha value is -2.48. The molecule has 3 heterocycles. The maximum atomic E-state index is 12.4. The predicted molar refractivity (Wildman–Crippen MR) is 105 cm³/mol. The van der Waals surface area contributed by atoms with E-state index in [2.05, 4.69) is 10.2 Å². The van der Waals surface area contributed by atoms with Gasteiger partial charge in [0.15, 0.2) is 10.9 Å². The van der Waals surface area contributed by atoms with Crippen molar-refractivity contribution in [2.24, 2.45) is 0 Å². The standard InChI is InChI=1S/C20H21N3O3S/c1-14-7-8-16(26-14)19(24)22-20-21-18(15-5-3-2-4-6-15)17(27-20)13-23-9-11-25-12-10-23/h2-8H,9-13H2,1H3,(H,21,22,24). The number of benzene rings is 1. The number of hydrogen-bond donors (Lipinski definition) is 1. The Morgan fingerprint density at radius 1 is 1.19 bits per heavy atom. The van der Waals surface area contributed by atoms with E-state index < -0.39 is 0 Å². The van der Waals surface area contributed by atoms with Gasteiger partial charge in [0, 0.05) is 30.1 Å². The summed E-state index contributed by atoms with van der Waals surface area (Å²) in [5, 5.41) is 3.45. The van der Waals surface area contributed by atoms with Crippen LogP contribution in [-0.4, -0.2) is 42.1 Å². The van der Waals surface area contributed by atoms with Gasteiger partial charge in [0.05, 0.1) is 18.9 Å². The lowest BCUT2D eigenvalue weighted by atomic mass is 10.1. The molecule has 1 fully saturated rings. The van der Waals surface area contributed by atoms with Crippen molar-refractivity contribution in [2.75, 3.05) is 31.6 Å². The highest BCUT2D eigenvalue weighted by atomic mass is 32.1. The van der Waals surface area contributed by atoms with Crippen LogP contribution in [0.1, 0.15) is 21.2 Å². The summed E-state index contributed by atoms with van der Waals surface area (Å²) in [5.41, 5.74) is 1.96. The third-order valence-electron chi connectivity index (χ3n) is 4.40. The largest absolute Gasteiger partial charge is 0.456 e. The fraction of sp³-hybridized carbons (Fsp3) is 0.300. The number of aromatic nitrogens is 1. The minimum Gasteiger partial charge on any atom is -0.456 e. The number of hydrogen-bond acceptors (Lipinski definition) is 6. The van der Waals surface area contributed by atoms with Crippen LogP contribution in [0.5, 0.6) is 0 Å². The average molecular weight is 383 g/mol. The van der Waals surface area contributed by atoms with Crippen LogP contribution < -0.4 is 5.32 Å². The third-order valence-corrected chi connectivity index (χ3v) is 5.36. The number of carbonyl (C=O) groups excluding carboxylic acids is 1. The fourth-order valence-corrected chi connectivity index (χ4v) is 4.03. The van der Waals surface area contributed by atoms with E-state index in [-0.39, 0.29) is 5.91 Å². The summed E-state index contributed by atoms with van der Waals surface area (Å²) < 4.78 is 10.8. The molecule has 1 saturated heterocycles. The first-order valence-electron chi connectivity index (χ1n) is 8.92. The fourth-order valence-electron chi connectivity index (χ4n) is 3.01. The summed E-state index contributed by atoms with van der Waals surface area (Å²) in [6.45, 7) is 5.91. The molecular weight excluding hydrogens is 362 g/mol. The predicted octanol–water partition coefficient (Wildman–Crippen LogP) is 3.80. The molecule has 0 saturated carbocycles. The summed E-state index contributed by atoms with van der Waals surface area (Å²) in [6, 6.07) is 13.5. The first-order chi connectivity index (χ1) is 13.2. The molecule has 3 aromatic rings. The maximum absolute atomic E-state index is 12.4. The van der Waals surface area contributed by atoms with Crippen LogP contribution in [0, 0.1) is 6.92 Å². The average Bonchev–Trinajstić information content (AvgIpc) is 3.30. The van der Waals surface area contributed by atoms with Crippen molar-refractivity contribution in [1.82, 2.24) is 9.88 Å². The van der Waals surface area contributed by atoms with Gasteiger partial charge < -0.3 is 9.15 Å². The second-order valence-corrected chi connectivity index (χ2v) is 7.49. The molecule has 27 heavy (non-hydrogen) atoms. The van der Waals surface area contributed by atoms with Crippen molar-refractivity contribution < 1.29 is 13.9 Å². The number of morpholine rings is 1. The molecule has 0 radical (unpaired) electrons. The molecule has 0 atom stereocenters. The van der Waals surface area contributed by atoms with Gasteiger partial charge in [0.1, 0.15) is 5.76 Å². The van der Waals surface area contributed by atoms with E-state index in [1.54, 1.807) is 12.1 Å². The second kappa shape index (κ2) is 8.04. The molecule has 1 aliphatic rings. The van der Waals surface area contributed by atoms with E-state index in [0.717, 1.165) is 49.0 Å². The minimum atomic E-state index is -0.283. The number of rotatable bonds is 5. The van der Waals surface area contributed by atoms with Crippen LogP contribution in [0.2, 0.25) is 0 Å². The monoisotopic (exact) mass is 383 g/mol. The Labute approximate surface area is 161 Å². The molecule has 0 aliphatic carbocycles. The van der Waals surface area contributed by atoms with Crippen molar-refractivity contribution >= 4 is 22.4 Å². The molecule has 1 N–H and O–H groups in total. The Balaban J connectivity index is 1.59. The number of amides is 1. The summed E-state index contributed by atoms with van der Waals surface area (Å²) in [4.78, 5) is 20.6. The van der Waals surface area contributed by atoms with Crippen molar-refractivity contribution in [3.8, 4) is 11.3 Å². The van der Waals surface area contributed by atoms with Gasteiger partial charge >= 0.3 is 0 Å². The lowest BCUT2D eigenvalue weighted by molar-refractivity contribution is 0.0347. The topological polar surface area (TPSA) is 67.6 Å². The molecular formula is C20H21N3O3S. The Morgan fingerprint density at radius 2 is 1.96 bits per heavy atom. The van der Waals surface area contributed by atoms with E-state index in [9.17, 15) is 4.79 Å². The van der Waals surface area contributed by atoms with Crippen LogP contribution in [-0.2, 0) is 11.3 Å². The van der Waals surface area contributed by atoms with Crippen molar-refractivity contribution in [3.05, 3.63) is 58.9 Å². The molecule has 0 spiro atoms. The normalized spacial score (nSPS) is 15.0. The SMILES string of the molecule is Cc1ccc(C(=O)Nc2nc(-c3ccccc3)c(CN3CCOCC3)s2)o1. The number of nitrogens with zero attached hydrogens (tertiary/aromatic N) is 2. The first-order valence-corrected chi connectivity index (χ1v) is 9.74. The molecule has 0 bridgehead atoms. The van der Waals surface area contributed by atoms with Crippen molar-refractivity contribution in [3.63, 3.8) is 0 Å². The zero-order chi connectivity index (χ0) is 18.6. The van der Waals surface area contributed by atoms with Gasteiger partial charge in [-0.05, 0) is 19.1 Å². The van der Waals surface area contributed by atoms with Gasteiger partial charge in [-0.2, -0.15) is 0 Å². The molecule has 1 amide bonds. The number of anilines is 1. The van der Waals surface area contributed by atoms with Gasteiger partial charge in [-0.3, -0.25) is 15.0 Å². The molecule has 140 valence electrons. The molecule has 2 aromatic heterocycles. The van der Waals surface area contributed by atoms with E-state index in [1.807, 2.05) is 37.3 Å². The number of ether oxygens (including phenoxy) is 1. The van der Waals surface area contributed by atoms with E-state index in [0.29, 0.717) is 16.7 Å². The lowest BCUT2D eigenvalue weighted by Gasteiger charge is -2.26. The first kappa shape index (κ1) is 17.9. The number of thiazole rings is 1. The Bertz CT molecular complexity index is 914. The molecule has 6 nitrogen and oxygen atoms in total. The van der Waals surface area contributed by atoms with Gasteiger partial charge in [-0.25, -0.2) is 4.98 Å². The van der Waals surface area contributed by atoms with Crippen LogP contribution in [0.3, 0.4) is 0 Å². The highest BCUT2D eigenvalue weighted by molar-refractivity contribution is 7.16. The smallest absolute Gasteiger partial charge is 0.293 e. The van der Waals surface area contributed by atoms with Crippen molar-refractivity contribution in [1.29, 1.82) is 0 Å². The van der Waals surface area contributed by atoms with E-state index in [1.165, 1.54) is 11.3 Å². The summed E-state index contributed by atoms with van der Waals surface area (Å²) >= 11 is 1.51. The van der Waals surface area contributed by atoms with E-state index in [4.69, 9.17) is 14.1 Å². The molecule has 1 aliphatic heterocycles. The van der Waals surface area contributed by atoms with Gasteiger partial charge in [-0.1, -0.05) is 41.7 Å². The third kappa shape index (κ3) is 4.27. The van der Waals surface area contributed by atoms with Crippen LogP contribution >= 0.6 is 11.3 Å². The van der Waals surface area contributed by atoms with Crippen LogP contribution in [0.15, 0.2) is 46.9 Å². The quantitative estimate of drug-likeness (QED) is 0.726.